The van der Waals surface area contributed by atoms with Crippen LogP contribution in [0.4, 0.5) is 0 Å². The maximum absolute atomic E-state index is 3.28. The van der Waals surface area contributed by atoms with Crippen LogP contribution in [0, 0.1) is 12.0 Å². The summed E-state index contributed by atoms with van der Waals surface area (Å²) < 4.78 is 0. The van der Waals surface area contributed by atoms with Gasteiger partial charge in [-0.3, -0.25) is 0 Å². The number of hydrogen-bond donors (Lipinski definition) is 0. The van der Waals surface area contributed by atoms with E-state index in [1.165, 1.54) is 17.7 Å². The van der Waals surface area contributed by atoms with E-state index in [0.717, 1.165) is 5.92 Å². The number of rotatable bonds is 4. The molecule has 12 heavy (non-hydrogen) atoms. The second-order valence-corrected chi connectivity index (χ2v) is 4.53. The van der Waals surface area contributed by atoms with Crippen molar-refractivity contribution in [3.05, 3.63) is 22.4 Å². The Kier molecular flexibility index (Phi) is 3.80. The highest BCUT2D eigenvalue weighted by atomic mass is 32.1. The molecule has 0 saturated carbocycles. The Bertz CT molecular complexity index is 201. The predicted molar refractivity (Wildman–Crippen MR) is 55.6 cm³/mol. The van der Waals surface area contributed by atoms with Gasteiger partial charge in [0, 0.05) is 4.88 Å². The molecule has 67 valence electrons. The Balaban J connectivity index is 2.44. The molecule has 1 aromatic rings. The molecular formula is C11H17S. The third kappa shape index (κ3) is 2.63. The second kappa shape index (κ2) is 4.66. The summed E-state index contributed by atoms with van der Waals surface area (Å²) >= 11 is 1.83. The maximum Gasteiger partial charge on any atom is 0.0152 e. The van der Waals surface area contributed by atoms with Gasteiger partial charge in [0.1, 0.15) is 0 Å². The van der Waals surface area contributed by atoms with E-state index in [0.29, 0.717) is 5.92 Å². The third-order valence-electron chi connectivity index (χ3n) is 2.39. The molecule has 0 bridgehead atoms. The highest BCUT2D eigenvalue weighted by Gasteiger charge is 2.09. The molecule has 1 heteroatoms. The summed E-state index contributed by atoms with van der Waals surface area (Å²) in [6, 6.07) is 5.31. The van der Waals surface area contributed by atoms with Gasteiger partial charge in [0.15, 0.2) is 0 Å². The molecule has 2 unspecified atom stereocenters. The summed E-state index contributed by atoms with van der Waals surface area (Å²) in [6.45, 7) is 6.88. The van der Waals surface area contributed by atoms with Crippen LogP contribution in [0.15, 0.2) is 11.4 Å². The summed E-state index contributed by atoms with van der Waals surface area (Å²) in [6.07, 6.45) is 2.59. The molecule has 0 amide bonds. The summed E-state index contributed by atoms with van der Waals surface area (Å²) in [5.74, 6) is 1.54. The first-order chi connectivity index (χ1) is 5.74. The van der Waals surface area contributed by atoms with Crippen LogP contribution in [-0.2, 0) is 0 Å². The Labute approximate surface area is 79.6 Å². The van der Waals surface area contributed by atoms with Crippen molar-refractivity contribution in [1.29, 1.82) is 0 Å². The zero-order chi connectivity index (χ0) is 8.97. The van der Waals surface area contributed by atoms with Crippen molar-refractivity contribution in [2.75, 3.05) is 0 Å². The van der Waals surface area contributed by atoms with Gasteiger partial charge in [0.2, 0.25) is 0 Å². The predicted octanol–water partition coefficient (Wildman–Crippen LogP) is 4.09. The molecule has 0 N–H and O–H groups in total. The number of thiophene rings is 1. The van der Waals surface area contributed by atoms with Gasteiger partial charge < -0.3 is 0 Å². The lowest BCUT2D eigenvalue weighted by Gasteiger charge is -2.13. The molecule has 0 fully saturated rings. The summed E-state index contributed by atoms with van der Waals surface area (Å²) in [7, 11) is 0. The summed E-state index contributed by atoms with van der Waals surface area (Å²) in [5, 5.41) is 2.11. The molecule has 2 atom stereocenters. The molecule has 0 nitrogen and oxygen atoms in total. The minimum absolute atomic E-state index is 0.694. The van der Waals surface area contributed by atoms with E-state index in [1.807, 2.05) is 17.4 Å². The van der Waals surface area contributed by atoms with Gasteiger partial charge in [-0.25, -0.2) is 0 Å². The minimum atomic E-state index is 0.694. The van der Waals surface area contributed by atoms with Crippen molar-refractivity contribution in [3.8, 4) is 0 Å². The molecule has 0 aliphatic heterocycles. The lowest BCUT2D eigenvalue weighted by Crippen LogP contribution is -1.99. The first kappa shape index (κ1) is 9.79. The summed E-state index contributed by atoms with van der Waals surface area (Å²) in [5.41, 5.74) is 0. The SMILES string of the molecule is CCC(C)CC(C)c1[c]ccs1. The van der Waals surface area contributed by atoms with Gasteiger partial charge in [-0.05, 0) is 35.8 Å². The van der Waals surface area contributed by atoms with Gasteiger partial charge in [0.25, 0.3) is 0 Å². The van der Waals surface area contributed by atoms with Crippen molar-refractivity contribution in [1.82, 2.24) is 0 Å². The monoisotopic (exact) mass is 181 g/mol. The number of hydrogen-bond acceptors (Lipinski definition) is 1. The molecular weight excluding hydrogens is 164 g/mol. The smallest absolute Gasteiger partial charge is 0.0152 e. The Hall–Kier alpha value is -0.300. The molecule has 0 spiro atoms. The molecule has 0 aliphatic rings. The standard InChI is InChI=1S/C11H17S/c1-4-9(2)8-10(3)11-6-5-7-12-11/h5,7,9-10H,4,8H2,1-3H3. The largest absolute Gasteiger partial charge is 0.148 e. The molecule has 1 radical (unpaired) electrons. The van der Waals surface area contributed by atoms with Gasteiger partial charge in [-0.15, -0.1) is 11.3 Å². The fourth-order valence-corrected chi connectivity index (χ4v) is 2.14. The van der Waals surface area contributed by atoms with Crippen molar-refractivity contribution < 1.29 is 0 Å². The van der Waals surface area contributed by atoms with Crippen LogP contribution in [0.5, 0.6) is 0 Å². The van der Waals surface area contributed by atoms with E-state index in [-0.39, 0.29) is 0 Å². The highest BCUT2D eigenvalue weighted by molar-refractivity contribution is 7.09. The normalized spacial score (nSPS) is 15.9. The summed E-state index contributed by atoms with van der Waals surface area (Å²) in [4.78, 5) is 1.41. The van der Waals surface area contributed by atoms with E-state index in [1.54, 1.807) is 0 Å². The van der Waals surface area contributed by atoms with Crippen LogP contribution >= 0.6 is 11.3 Å². The topological polar surface area (TPSA) is 0 Å². The zero-order valence-corrected chi connectivity index (χ0v) is 8.95. The molecule has 1 aromatic heterocycles. The van der Waals surface area contributed by atoms with Crippen LogP contribution in [0.25, 0.3) is 0 Å². The first-order valence-electron chi connectivity index (χ1n) is 4.69. The average molecular weight is 181 g/mol. The second-order valence-electron chi connectivity index (χ2n) is 3.58. The highest BCUT2D eigenvalue weighted by Crippen LogP contribution is 2.27. The lowest BCUT2D eigenvalue weighted by molar-refractivity contribution is 0.474. The van der Waals surface area contributed by atoms with Crippen molar-refractivity contribution in [2.45, 2.75) is 39.5 Å². The molecule has 1 heterocycles. The molecule has 1 rings (SSSR count). The zero-order valence-electron chi connectivity index (χ0n) is 8.13. The molecule has 0 aromatic carbocycles. The van der Waals surface area contributed by atoms with Crippen molar-refractivity contribution in [3.63, 3.8) is 0 Å². The van der Waals surface area contributed by atoms with E-state index in [9.17, 15) is 0 Å². The Morgan fingerprint density at radius 1 is 1.50 bits per heavy atom. The molecule has 0 aliphatic carbocycles. The van der Waals surface area contributed by atoms with Gasteiger partial charge in [0.05, 0.1) is 0 Å². The van der Waals surface area contributed by atoms with Gasteiger partial charge in [-0.2, -0.15) is 0 Å². The molecule has 0 saturated heterocycles. The van der Waals surface area contributed by atoms with Gasteiger partial charge in [-0.1, -0.05) is 27.2 Å². The van der Waals surface area contributed by atoms with E-state index in [2.05, 4.69) is 32.2 Å². The quantitative estimate of drug-likeness (QED) is 0.656. The minimum Gasteiger partial charge on any atom is -0.148 e. The third-order valence-corrected chi connectivity index (χ3v) is 3.44. The van der Waals surface area contributed by atoms with Crippen LogP contribution in [-0.4, -0.2) is 0 Å². The first-order valence-corrected chi connectivity index (χ1v) is 5.57. The van der Waals surface area contributed by atoms with Crippen LogP contribution in [0.2, 0.25) is 0 Å². The van der Waals surface area contributed by atoms with Crippen LogP contribution in [0.3, 0.4) is 0 Å². The van der Waals surface area contributed by atoms with Crippen LogP contribution < -0.4 is 0 Å². The van der Waals surface area contributed by atoms with Gasteiger partial charge >= 0.3 is 0 Å². The van der Waals surface area contributed by atoms with E-state index < -0.39 is 0 Å². The van der Waals surface area contributed by atoms with E-state index in [4.69, 9.17) is 0 Å². The Morgan fingerprint density at radius 2 is 2.25 bits per heavy atom. The fraction of sp³-hybridized carbons (Fsp3) is 0.636. The van der Waals surface area contributed by atoms with E-state index >= 15 is 0 Å². The Morgan fingerprint density at radius 3 is 2.75 bits per heavy atom. The van der Waals surface area contributed by atoms with Crippen molar-refractivity contribution in [2.24, 2.45) is 5.92 Å². The van der Waals surface area contributed by atoms with Crippen molar-refractivity contribution >= 4 is 11.3 Å². The van der Waals surface area contributed by atoms with Crippen LogP contribution in [0.1, 0.15) is 44.4 Å². The fourth-order valence-electron chi connectivity index (χ4n) is 1.39. The lowest BCUT2D eigenvalue weighted by atomic mass is 9.94. The average Bonchev–Trinajstić information content (AvgIpc) is 2.56. The maximum atomic E-state index is 3.28.